The molecular formula is C18H15F3N2O3S. The lowest BCUT2D eigenvalue weighted by Crippen LogP contribution is -2.51. The normalized spacial score (nSPS) is 14.8. The molecule has 0 bridgehead atoms. The van der Waals surface area contributed by atoms with E-state index in [-0.39, 0.29) is 10.4 Å². The van der Waals surface area contributed by atoms with Crippen LogP contribution >= 0.6 is 0 Å². The second-order valence-electron chi connectivity index (χ2n) is 5.88. The van der Waals surface area contributed by atoms with Gasteiger partial charge in [0.25, 0.3) is 0 Å². The van der Waals surface area contributed by atoms with Crippen LogP contribution in [0.4, 0.5) is 13.2 Å². The van der Waals surface area contributed by atoms with Crippen LogP contribution in [0, 0.1) is 0 Å². The van der Waals surface area contributed by atoms with Crippen LogP contribution in [0.5, 0.6) is 0 Å². The third-order valence-electron chi connectivity index (χ3n) is 4.12. The molecule has 0 spiro atoms. The Hall–Kier alpha value is -2.49. The van der Waals surface area contributed by atoms with E-state index in [1.165, 1.54) is 36.5 Å². The summed E-state index contributed by atoms with van der Waals surface area (Å²) in [6.07, 6.45) is -3.70. The zero-order valence-corrected chi connectivity index (χ0v) is 14.6. The maximum absolute atomic E-state index is 13.5. The zero-order chi connectivity index (χ0) is 19.7. The standard InChI is InChI=1S/C18H15F3N2O3S/c19-18(20,21)17(24,14-8-2-1-3-9-14)12-23-27(25,26)15-10-4-6-13-7-5-11-22-16(13)15/h1-11,23-24H,12H2. The molecule has 3 rings (SSSR count). The highest BCUT2D eigenvalue weighted by atomic mass is 32.2. The van der Waals surface area contributed by atoms with Crippen molar-refractivity contribution in [3.05, 3.63) is 72.4 Å². The lowest BCUT2D eigenvalue weighted by Gasteiger charge is -2.31. The molecule has 5 nitrogen and oxygen atoms in total. The van der Waals surface area contributed by atoms with Gasteiger partial charge in [-0.15, -0.1) is 0 Å². The first-order valence-corrected chi connectivity index (χ1v) is 9.31. The van der Waals surface area contributed by atoms with Gasteiger partial charge < -0.3 is 5.11 Å². The molecule has 1 unspecified atom stereocenters. The van der Waals surface area contributed by atoms with E-state index in [0.717, 1.165) is 12.1 Å². The van der Waals surface area contributed by atoms with Gasteiger partial charge in [-0.25, -0.2) is 13.1 Å². The molecule has 0 aliphatic rings. The number of aromatic nitrogens is 1. The van der Waals surface area contributed by atoms with Crippen molar-refractivity contribution in [2.75, 3.05) is 6.54 Å². The van der Waals surface area contributed by atoms with Crippen LogP contribution in [0.25, 0.3) is 10.9 Å². The van der Waals surface area contributed by atoms with E-state index < -0.39 is 33.9 Å². The number of hydrogen-bond donors (Lipinski definition) is 2. The SMILES string of the molecule is O=S(=O)(NCC(O)(c1ccccc1)C(F)(F)F)c1cccc2cccnc12. The molecule has 2 N–H and O–H groups in total. The number of fused-ring (bicyclic) bond motifs is 1. The number of aliphatic hydroxyl groups is 1. The Morgan fingerprint density at radius 3 is 2.30 bits per heavy atom. The van der Waals surface area contributed by atoms with Crippen LogP contribution in [-0.2, 0) is 15.6 Å². The van der Waals surface area contributed by atoms with Crippen molar-refractivity contribution in [2.45, 2.75) is 16.7 Å². The molecule has 0 radical (unpaired) electrons. The molecule has 0 aliphatic heterocycles. The van der Waals surface area contributed by atoms with Gasteiger partial charge in [0.05, 0.1) is 12.1 Å². The van der Waals surface area contributed by atoms with Crippen LogP contribution < -0.4 is 4.72 Å². The Morgan fingerprint density at radius 1 is 0.963 bits per heavy atom. The summed E-state index contributed by atoms with van der Waals surface area (Å²) in [5, 5.41) is 10.8. The minimum absolute atomic E-state index is 0.128. The monoisotopic (exact) mass is 396 g/mol. The van der Waals surface area contributed by atoms with Crippen molar-refractivity contribution in [2.24, 2.45) is 0 Å². The number of halogens is 3. The van der Waals surface area contributed by atoms with Gasteiger partial charge in [0, 0.05) is 11.6 Å². The van der Waals surface area contributed by atoms with Gasteiger partial charge >= 0.3 is 6.18 Å². The number of benzene rings is 2. The molecule has 9 heteroatoms. The Morgan fingerprint density at radius 2 is 1.63 bits per heavy atom. The number of nitrogens with one attached hydrogen (secondary N) is 1. The second-order valence-corrected chi connectivity index (χ2v) is 7.62. The van der Waals surface area contributed by atoms with Gasteiger partial charge in [0.15, 0.2) is 5.60 Å². The Bertz CT molecular complexity index is 1050. The molecule has 0 amide bonds. The maximum atomic E-state index is 13.5. The molecular weight excluding hydrogens is 381 g/mol. The van der Waals surface area contributed by atoms with Gasteiger partial charge in [0.2, 0.25) is 10.0 Å². The van der Waals surface area contributed by atoms with Crippen LogP contribution in [0.1, 0.15) is 5.56 Å². The Labute approximate surface area is 153 Å². The lowest BCUT2D eigenvalue weighted by atomic mass is 9.93. The largest absolute Gasteiger partial charge is 0.422 e. The Kier molecular flexibility index (Phi) is 4.94. The fourth-order valence-electron chi connectivity index (χ4n) is 2.65. The average Bonchev–Trinajstić information content (AvgIpc) is 2.65. The van der Waals surface area contributed by atoms with Gasteiger partial charge in [-0.1, -0.05) is 48.5 Å². The summed E-state index contributed by atoms with van der Waals surface area (Å²) in [7, 11) is -4.36. The van der Waals surface area contributed by atoms with E-state index in [9.17, 15) is 26.7 Å². The highest BCUT2D eigenvalue weighted by molar-refractivity contribution is 7.89. The highest BCUT2D eigenvalue weighted by Gasteiger charge is 2.55. The number of rotatable bonds is 5. The first kappa shape index (κ1) is 19.3. The van der Waals surface area contributed by atoms with Crippen LogP contribution in [-0.4, -0.2) is 31.2 Å². The number of pyridine rings is 1. The molecule has 0 fully saturated rings. The number of nitrogens with zero attached hydrogens (tertiary/aromatic N) is 1. The first-order valence-electron chi connectivity index (χ1n) is 7.83. The average molecular weight is 396 g/mol. The quantitative estimate of drug-likeness (QED) is 0.695. The summed E-state index contributed by atoms with van der Waals surface area (Å²) in [5.41, 5.74) is -3.71. The van der Waals surface area contributed by atoms with Gasteiger partial charge in [-0.3, -0.25) is 4.98 Å². The van der Waals surface area contributed by atoms with Crippen LogP contribution in [0.3, 0.4) is 0 Å². The second kappa shape index (κ2) is 6.91. The number of para-hydroxylation sites is 1. The van der Waals surface area contributed by atoms with Crippen molar-refractivity contribution >= 4 is 20.9 Å². The minimum Gasteiger partial charge on any atom is -0.375 e. The third-order valence-corrected chi connectivity index (χ3v) is 5.56. The smallest absolute Gasteiger partial charge is 0.375 e. The first-order chi connectivity index (χ1) is 12.7. The number of hydrogen-bond acceptors (Lipinski definition) is 4. The summed E-state index contributed by atoms with van der Waals surface area (Å²) < 4.78 is 67.7. The molecule has 0 saturated carbocycles. The summed E-state index contributed by atoms with van der Waals surface area (Å²) in [6, 6.07) is 13.9. The predicted octanol–water partition coefficient (Wildman–Crippen LogP) is 2.96. The number of alkyl halides is 3. The fourth-order valence-corrected chi connectivity index (χ4v) is 3.89. The van der Waals surface area contributed by atoms with E-state index in [1.54, 1.807) is 18.2 Å². The summed E-state index contributed by atoms with van der Waals surface area (Å²) in [5.74, 6) is 0. The molecule has 1 aromatic heterocycles. The van der Waals surface area contributed by atoms with Crippen molar-refractivity contribution in [1.29, 1.82) is 0 Å². The van der Waals surface area contributed by atoms with Gasteiger partial charge in [-0.2, -0.15) is 13.2 Å². The molecule has 2 aromatic carbocycles. The van der Waals surface area contributed by atoms with Crippen molar-refractivity contribution in [3.63, 3.8) is 0 Å². The fraction of sp³-hybridized carbons (Fsp3) is 0.167. The summed E-state index contributed by atoms with van der Waals surface area (Å²) in [6.45, 7) is -1.27. The van der Waals surface area contributed by atoms with Crippen molar-refractivity contribution in [1.82, 2.24) is 9.71 Å². The third kappa shape index (κ3) is 3.66. The molecule has 1 heterocycles. The van der Waals surface area contributed by atoms with Gasteiger partial charge in [-0.05, 0) is 17.7 Å². The molecule has 142 valence electrons. The van der Waals surface area contributed by atoms with Crippen LogP contribution in [0.2, 0.25) is 0 Å². The maximum Gasteiger partial charge on any atom is 0.422 e. The number of sulfonamides is 1. The topological polar surface area (TPSA) is 79.3 Å². The Balaban J connectivity index is 1.98. The van der Waals surface area contributed by atoms with E-state index in [4.69, 9.17) is 0 Å². The molecule has 1 atom stereocenters. The summed E-state index contributed by atoms with van der Waals surface area (Å²) >= 11 is 0. The summed E-state index contributed by atoms with van der Waals surface area (Å²) in [4.78, 5) is 3.73. The molecule has 3 aromatic rings. The molecule has 0 saturated heterocycles. The zero-order valence-electron chi connectivity index (χ0n) is 13.8. The van der Waals surface area contributed by atoms with Crippen molar-refractivity contribution < 1.29 is 26.7 Å². The molecule has 27 heavy (non-hydrogen) atoms. The lowest BCUT2D eigenvalue weighted by molar-refractivity contribution is -0.263. The van der Waals surface area contributed by atoms with E-state index in [2.05, 4.69) is 4.98 Å². The van der Waals surface area contributed by atoms with E-state index in [1.807, 2.05) is 4.72 Å². The van der Waals surface area contributed by atoms with E-state index >= 15 is 0 Å². The minimum atomic E-state index is -5.09. The highest BCUT2D eigenvalue weighted by Crippen LogP contribution is 2.38. The van der Waals surface area contributed by atoms with E-state index in [0.29, 0.717) is 5.39 Å². The predicted molar refractivity (Wildman–Crippen MR) is 93.3 cm³/mol. The van der Waals surface area contributed by atoms with Crippen molar-refractivity contribution in [3.8, 4) is 0 Å². The van der Waals surface area contributed by atoms with Crippen LogP contribution in [0.15, 0.2) is 71.8 Å². The van der Waals surface area contributed by atoms with Gasteiger partial charge in [0.1, 0.15) is 4.90 Å². The molecule has 0 aliphatic carbocycles.